The van der Waals surface area contributed by atoms with Crippen molar-refractivity contribution in [1.82, 2.24) is 5.32 Å². The molecule has 28 heavy (non-hydrogen) atoms. The van der Waals surface area contributed by atoms with Gasteiger partial charge in [0, 0.05) is 25.2 Å². The number of benzene rings is 2. The third-order valence-corrected chi connectivity index (χ3v) is 4.71. The number of hydrogen-bond acceptors (Lipinski definition) is 4. The van der Waals surface area contributed by atoms with E-state index in [0.29, 0.717) is 30.8 Å². The minimum atomic E-state index is -0.921. The average molecular weight is 380 g/mol. The Labute approximate surface area is 164 Å². The smallest absolute Gasteiger partial charge is 0.338 e. The minimum absolute atomic E-state index is 0.0503. The van der Waals surface area contributed by atoms with E-state index in [-0.39, 0.29) is 11.8 Å². The summed E-state index contributed by atoms with van der Waals surface area (Å²) in [7, 11) is 0. The number of rotatable bonds is 6. The highest BCUT2D eigenvalue weighted by Crippen LogP contribution is 2.22. The molecule has 0 saturated carbocycles. The van der Waals surface area contributed by atoms with Crippen LogP contribution < -0.4 is 10.2 Å². The summed E-state index contributed by atoms with van der Waals surface area (Å²) >= 11 is 0. The highest BCUT2D eigenvalue weighted by Gasteiger charge is 2.23. The quantitative estimate of drug-likeness (QED) is 0.782. The van der Waals surface area contributed by atoms with Gasteiger partial charge in [-0.15, -0.1) is 0 Å². The molecule has 146 valence electrons. The van der Waals surface area contributed by atoms with E-state index in [1.54, 1.807) is 29.2 Å². The highest BCUT2D eigenvalue weighted by atomic mass is 16.5. The number of carbonyl (C=O) groups is 3. The van der Waals surface area contributed by atoms with Gasteiger partial charge in [0.1, 0.15) is 0 Å². The zero-order valence-electron chi connectivity index (χ0n) is 16.1. The molecule has 1 saturated heterocycles. The van der Waals surface area contributed by atoms with Crippen LogP contribution in [0.3, 0.4) is 0 Å². The molecule has 1 atom stereocenters. The van der Waals surface area contributed by atoms with Crippen LogP contribution in [0, 0.1) is 6.92 Å². The predicted octanol–water partition coefficient (Wildman–Crippen LogP) is 2.98. The number of nitrogens with zero attached hydrogens (tertiary/aromatic N) is 1. The Bertz CT molecular complexity index is 876. The van der Waals surface area contributed by atoms with E-state index in [4.69, 9.17) is 4.74 Å². The first-order chi connectivity index (χ1) is 13.4. The van der Waals surface area contributed by atoms with Gasteiger partial charge >= 0.3 is 5.97 Å². The molecule has 0 spiro atoms. The zero-order valence-corrected chi connectivity index (χ0v) is 16.1. The van der Waals surface area contributed by atoms with Crippen molar-refractivity contribution in [3.05, 3.63) is 65.2 Å². The third-order valence-electron chi connectivity index (χ3n) is 4.71. The lowest BCUT2D eigenvalue weighted by Crippen LogP contribution is -2.35. The topological polar surface area (TPSA) is 75.7 Å². The monoisotopic (exact) mass is 380 g/mol. The van der Waals surface area contributed by atoms with E-state index >= 15 is 0 Å². The fourth-order valence-corrected chi connectivity index (χ4v) is 3.04. The van der Waals surface area contributed by atoms with Crippen molar-refractivity contribution in [3.8, 4) is 0 Å². The molecule has 0 aliphatic carbocycles. The second kappa shape index (κ2) is 8.69. The van der Waals surface area contributed by atoms with Crippen LogP contribution in [-0.2, 0) is 20.9 Å². The van der Waals surface area contributed by atoms with Crippen LogP contribution in [0.15, 0.2) is 48.5 Å². The summed E-state index contributed by atoms with van der Waals surface area (Å²) < 4.78 is 5.30. The Hall–Kier alpha value is -3.15. The van der Waals surface area contributed by atoms with Crippen molar-refractivity contribution in [2.75, 3.05) is 11.4 Å². The van der Waals surface area contributed by atoms with Crippen LogP contribution in [0.5, 0.6) is 0 Å². The van der Waals surface area contributed by atoms with Crippen LogP contribution in [0.4, 0.5) is 5.69 Å². The zero-order chi connectivity index (χ0) is 20.1. The van der Waals surface area contributed by atoms with Gasteiger partial charge in [0.15, 0.2) is 6.10 Å². The number of ether oxygens (including phenoxy) is 1. The molecule has 2 amide bonds. The Kier molecular flexibility index (Phi) is 6.09. The van der Waals surface area contributed by atoms with Gasteiger partial charge in [0.25, 0.3) is 5.91 Å². The molecule has 0 unspecified atom stereocenters. The molecule has 1 aliphatic rings. The van der Waals surface area contributed by atoms with Crippen LogP contribution >= 0.6 is 0 Å². The molecule has 6 heteroatoms. The molecular formula is C22H24N2O4. The lowest BCUT2D eigenvalue weighted by molar-refractivity contribution is -0.129. The van der Waals surface area contributed by atoms with Gasteiger partial charge in [-0.1, -0.05) is 35.9 Å². The molecule has 1 fully saturated rings. The Morgan fingerprint density at radius 2 is 1.93 bits per heavy atom. The summed E-state index contributed by atoms with van der Waals surface area (Å²) in [6.45, 7) is 4.55. The van der Waals surface area contributed by atoms with Crippen LogP contribution in [0.25, 0.3) is 0 Å². The first-order valence-electron chi connectivity index (χ1n) is 9.39. The maximum absolute atomic E-state index is 12.4. The number of anilines is 1. The van der Waals surface area contributed by atoms with Gasteiger partial charge in [-0.2, -0.15) is 0 Å². The highest BCUT2D eigenvalue weighted by molar-refractivity contribution is 5.98. The lowest BCUT2D eigenvalue weighted by atomic mass is 10.1. The van der Waals surface area contributed by atoms with Crippen molar-refractivity contribution >= 4 is 23.5 Å². The summed E-state index contributed by atoms with van der Waals surface area (Å²) in [5.41, 5.74) is 3.11. The molecule has 2 aromatic rings. The van der Waals surface area contributed by atoms with Gasteiger partial charge in [0.05, 0.1) is 5.56 Å². The van der Waals surface area contributed by atoms with Gasteiger partial charge in [-0.3, -0.25) is 9.59 Å². The van der Waals surface area contributed by atoms with E-state index in [0.717, 1.165) is 17.5 Å². The minimum Gasteiger partial charge on any atom is -0.449 e. The normalized spacial score (nSPS) is 14.6. The van der Waals surface area contributed by atoms with Gasteiger partial charge < -0.3 is 15.0 Å². The van der Waals surface area contributed by atoms with Crippen molar-refractivity contribution < 1.29 is 19.1 Å². The van der Waals surface area contributed by atoms with Crippen molar-refractivity contribution in [2.45, 2.75) is 39.3 Å². The predicted molar refractivity (Wildman–Crippen MR) is 106 cm³/mol. The molecule has 1 N–H and O–H groups in total. The second-order valence-corrected chi connectivity index (χ2v) is 6.95. The van der Waals surface area contributed by atoms with Crippen LogP contribution in [-0.4, -0.2) is 30.4 Å². The molecule has 1 aliphatic heterocycles. The maximum Gasteiger partial charge on any atom is 0.338 e. The lowest BCUT2D eigenvalue weighted by Gasteiger charge is -2.17. The Morgan fingerprint density at radius 1 is 1.18 bits per heavy atom. The molecule has 6 nitrogen and oxygen atoms in total. The summed E-state index contributed by atoms with van der Waals surface area (Å²) in [6.07, 6.45) is 0.411. The summed E-state index contributed by atoms with van der Waals surface area (Å²) in [5.74, 6) is -0.902. The summed E-state index contributed by atoms with van der Waals surface area (Å²) in [6, 6.07) is 14.6. The SMILES string of the molecule is Cc1ccc(CNC(=O)[C@H](C)OC(=O)c2cccc(N3CCCC3=O)c2)cc1. The van der Waals surface area contributed by atoms with E-state index in [9.17, 15) is 14.4 Å². The van der Waals surface area contributed by atoms with Crippen LogP contribution in [0.2, 0.25) is 0 Å². The molecule has 1 heterocycles. The van der Waals surface area contributed by atoms with E-state index < -0.39 is 12.1 Å². The Morgan fingerprint density at radius 3 is 2.61 bits per heavy atom. The summed E-state index contributed by atoms with van der Waals surface area (Å²) in [4.78, 5) is 38.2. The molecule has 0 aromatic heterocycles. The largest absolute Gasteiger partial charge is 0.449 e. The third kappa shape index (κ3) is 4.76. The number of esters is 1. The molecule has 3 rings (SSSR count). The number of aryl methyl sites for hydroxylation is 1. The van der Waals surface area contributed by atoms with Gasteiger partial charge in [-0.25, -0.2) is 4.79 Å². The summed E-state index contributed by atoms with van der Waals surface area (Å²) in [5, 5.41) is 2.77. The molecular weight excluding hydrogens is 356 g/mol. The standard InChI is InChI=1S/C22H24N2O4/c1-15-8-10-17(11-9-15)14-23-21(26)16(2)28-22(27)18-5-3-6-19(13-18)24-12-4-7-20(24)25/h3,5-6,8-11,13,16H,4,7,12,14H2,1-2H3,(H,23,26)/t16-/m0/s1. The number of nitrogens with one attached hydrogen (secondary N) is 1. The molecule has 0 bridgehead atoms. The van der Waals surface area contributed by atoms with E-state index in [1.807, 2.05) is 31.2 Å². The number of carbonyl (C=O) groups excluding carboxylic acids is 3. The van der Waals surface area contributed by atoms with E-state index in [2.05, 4.69) is 5.32 Å². The molecule has 0 radical (unpaired) electrons. The van der Waals surface area contributed by atoms with E-state index in [1.165, 1.54) is 6.92 Å². The average Bonchev–Trinajstić information content (AvgIpc) is 3.13. The van der Waals surface area contributed by atoms with Crippen molar-refractivity contribution in [2.24, 2.45) is 0 Å². The molecule has 2 aromatic carbocycles. The van der Waals surface area contributed by atoms with Gasteiger partial charge in [-0.05, 0) is 44.0 Å². The number of amides is 2. The van der Waals surface area contributed by atoms with Crippen molar-refractivity contribution in [1.29, 1.82) is 0 Å². The fourth-order valence-electron chi connectivity index (χ4n) is 3.04. The second-order valence-electron chi connectivity index (χ2n) is 6.95. The number of hydrogen-bond donors (Lipinski definition) is 1. The van der Waals surface area contributed by atoms with Crippen molar-refractivity contribution in [3.63, 3.8) is 0 Å². The van der Waals surface area contributed by atoms with Crippen LogP contribution in [0.1, 0.15) is 41.3 Å². The maximum atomic E-state index is 12.4. The fraction of sp³-hybridized carbons (Fsp3) is 0.318. The first-order valence-corrected chi connectivity index (χ1v) is 9.39. The van der Waals surface area contributed by atoms with Gasteiger partial charge in [0.2, 0.25) is 5.91 Å². The first kappa shape index (κ1) is 19.6. The Balaban J connectivity index is 1.56.